The van der Waals surface area contributed by atoms with Crippen LogP contribution in [0.4, 0.5) is 5.69 Å². The van der Waals surface area contributed by atoms with Gasteiger partial charge in [-0.3, -0.25) is 4.90 Å². The first kappa shape index (κ1) is 23.6. The van der Waals surface area contributed by atoms with Crippen molar-refractivity contribution in [3.8, 4) is 5.75 Å². The maximum atomic E-state index is 10.3. The molecule has 0 bridgehead atoms. The van der Waals surface area contributed by atoms with Crippen LogP contribution in [0.25, 0.3) is 0 Å². The quantitative estimate of drug-likeness (QED) is 0.522. The smallest absolute Gasteiger partial charge is 0.119 e. The van der Waals surface area contributed by atoms with E-state index >= 15 is 0 Å². The lowest BCUT2D eigenvalue weighted by Crippen LogP contribution is -3.00. The van der Waals surface area contributed by atoms with Gasteiger partial charge in [0.05, 0.1) is 0 Å². The van der Waals surface area contributed by atoms with Crippen LogP contribution in [-0.2, 0) is 6.42 Å². The fraction of sp³-hybridized carbons (Fsp3) is 0.429. The number of β-amino-alcohol motifs (C(OH)–C–C–N with tert-alkyl or cyclic N) is 1. The van der Waals surface area contributed by atoms with Crippen molar-refractivity contribution in [2.24, 2.45) is 0 Å². The normalized spacial score (nSPS) is 15.4. The molecule has 1 heterocycles. The largest absolute Gasteiger partial charge is 1.00 e. The van der Waals surface area contributed by atoms with Gasteiger partial charge in [-0.15, -0.1) is 0 Å². The molecule has 0 aromatic heterocycles. The number of piperazine rings is 1. The number of aliphatic hydroxyl groups is 1. The van der Waals surface area contributed by atoms with Gasteiger partial charge in [-0.05, 0) is 36.2 Å². The molecule has 1 saturated heterocycles. The number of benzene rings is 2. The summed E-state index contributed by atoms with van der Waals surface area (Å²) in [6.07, 6.45) is 0.562. The molecule has 2 aromatic carbocycles. The molecule has 1 unspecified atom stereocenters. The van der Waals surface area contributed by atoms with Gasteiger partial charge in [-0.25, -0.2) is 0 Å². The number of halogens is 2. The molecule has 2 aromatic rings. The zero-order chi connectivity index (χ0) is 17.5. The maximum absolute atomic E-state index is 10.3. The Kier molecular flexibility index (Phi) is 10.6. The molecule has 1 fully saturated rings. The molecule has 1 atom stereocenters. The van der Waals surface area contributed by atoms with Gasteiger partial charge in [-0.2, -0.15) is 0 Å². The van der Waals surface area contributed by atoms with Crippen molar-refractivity contribution in [1.29, 1.82) is 0 Å². The van der Waals surface area contributed by atoms with E-state index in [1.807, 2.05) is 18.2 Å². The third kappa shape index (κ3) is 7.23. The molecule has 6 heteroatoms. The molecule has 0 amide bonds. The summed E-state index contributed by atoms with van der Waals surface area (Å²) in [5, 5.41) is 10.3. The summed E-state index contributed by atoms with van der Waals surface area (Å²) in [7, 11) is 0. The van der Waals surface area contributed by atoms with E-state index in [-0.39, 0.29) is 24.8 Å². The van der Waals surface area contributed by atoms with Gasteiger partial charge < -0.3 is 39.6 Å². The Hall–Kier alpha value is -1.46. The second-order valence-electron chi connectivity index (χ2n) is 6.59. The number of ether oxygens (including phenoxy) is 1. The Morgan fingerprint density at radius 2 is 1.56 bits per heavy atom. The summed E-state index contributed by atoms with van der Waals surface area (Å²) in [5.41, 5.74) is 2.57. The fourth-order valence-corrected chi connectivity index (χ4v) is 3.19. The van der Waals surface area contributed by atoms with Crippen LogP contribution < -0.4 is 34.5 Å². The van der Waals surface area contributed by atoms with Crippen molar-refractivity contribution in [3.63, 3.8) is 0 Å². The number of hydrogen-bond acceptors (Lipinski definition) is 4. The Balaban J connectivity index is 0.00000182. The Morgan fingerprint density at radius 1 is 0.926 bits per heavy atom. The molecule has 150 valence electrons. The number of aliphatic hydroxyl groups excluding tert-OH is 1. The van der Waals surface area contributed by atoms with Crippen molar-refractivity contribution in [2.45, 2.75) is 19.4 Å². The number of nitrogens with zero attached hydrogens (tertiary/aromatic N) is 2. The predicted octanol–water partition coefficient (Wildman–Crippen LogP) is -3.18. The molecule has 0 radical (unpaired) electrons. The first-order valence-corrected chi connectivity index (χ1v) is 9.16. The fourth-order valence-electron chi connectivity index (χ4n) is 3.19. The molecule has 27 heavy (non-hydrogen) atoms. The molecule has 0 aliphatic carbocycles. The molecule has 4 nitrogen and oxygen atoms in total. The monoisotopic (exact) mass is 410 g/mol. The van der Waals surface area contributed by atoms with Gasteiger partial charge in [0.1, 0.15) is 18.5 Å². The zero-order valence-corrected chi connectivity index (χ0v) is 17.2. The van der Waals surface area contributed by atoms with Crippen LogP contribution in [0.3, 0.4) is 0 Å². The predicted molar refractivity (Wildman–Crippen MR) is 102 cm³/mol. The van der Waals surface area contributed by atoms with E-state index in [0.717, 1.165) is 38.3 Å². The van der Waals surface area contributed by atoms with E-state index in [2.05, 4.69) is 53.1 Å². The van der Waals surface area contributed by atoms with E-state index in [9.17, 15) is 5.11 Å². The van der Waals surface area contributed by atoms with Crippen LogP contribution in [0.2, 0.25) is 0 Å². The van der Waals surface area contributed by atoms with Crippen molar-refractivity contribution >= 4 is 5.69 Å². The molecule has 3 rings (SSSR count). The van der Waals surface area contributed by atoms with Gasteiger partial charge in [-0.1, -0.05) is 37.3 Å². The number of hydrogen-bond donors (Lipinski definition) is 1. The van der Waals surface area contributed by atoms with Gasteiger partial charge in [0, 0.05) is 38.4 Å². The SMILES string of the molecule is CCc1ccc(OCC(O)CN2CCN(c3ccccc3)CC2)cc1.[Cl-].[Cl-]. The zero-order valence-electron chi connectivity index (χ0n) is 15.7. The lowest BCUT2D eigenvalue weighted by atomic mass is 10.2. The van der Waals surface area contributed by atoms with E-state index < -0.39 is 6.10 Å². The van der Waals surface area contributed by atoms with Crippen molar-refractivity contribution in [3.05, 3.63) is 60.2 Å². The van der Waals surface area contributed by atoms with E-state index in [1.165, 1.54) is 11.3 Å². The molecule has 0 spiro atoms. The highest BCUT2D eigenvalue weighted by atomic mass is 35.5. The molecule has 0 saturated carbocycles. The highest BCUT2D eigenvalue weighted by Crippen LogP contribution is 2.16. The first-order chi connectivity index (χ1) is 12.2. The molecule has 1 aliphatic heterocycles. The van der Waals surface area contributed by atoms with Crippen molar-refractivity contribution in [2.75, 3.05) is 44.2 Å². The minimum atomic E-state index is -0.464. The number of aryl methyl sites for hydroxylation is 1. The lowest BCUT2D eigenvalue weighted by molar-refractivity contribution is -0.00100. The summed E-state index contributed by atoms with van der Waals surface area (Å²) >= 11 is 0. The number of anilines is 1. The maximum Gasteiger partial charge on any atom is 0.119 e. The van der Waals surface area contributed by atoms with Gasteiger partial charge in [0.25, 0.3) is 0 Å². The van der Waals surface area contributed by atoms with Crippen molar-refractivity contribution < 1.29 is 34.7 Å². The summed E-state index contributed by atoms with van der Waals surface area (Å²) in [6.45, 7) is 7.07. The molecular weight excluding hydrogens is 383 g/mol. The summed E-state index contributed by atoms with van der Waals surface area (Å²) in [4.78, 5) is 4.71. The minimum absolute atomic E-state index is 0. The summed E-state index contributed by atoms with van der Waals surface area (Å²) in [6, 6.07) is 18.6. The summed E-state index contributed by atoms with van der Waals surface area (Å²) < 4.78 is 5.71. The molecule has 1 N–H and O–H groups in total. The second-order valence-corrected chi connectivity index (χ2v) is 6.59. The van der Waals surface area contributed by atoms with E-state index in [1.54, 1.807) is 0 Å². The average Bonchev–Trinajstić information content (AvgIpc) is 2.68. The third-order valence-electron chi connectivity index (χ3n) is 4.74. The van der Waals surface area contributed by atoms with E-state index in [4.69, 9.17) is 4.74 Å². The summed E-state index contributed by atoms with van der Waals surface area (Å²) in [5.74, 6) is 0.824. The Morgan fingerprint density at radius 3 is 2.15 bits per heavy atom. The van der Waals surface area contributed by atoms with Gasteiger partial charge in [0.2, 0.25) is 0 Å². The van der Waals surface area contributed by atoms with Crippen LogP contribution in [0, 0.1) is 0 Å². The second kappa shape index (κ2) is 12.1. The molecule has 1 aliphatic rings. The van der Waals surface area contributed by atoms with E-state index in [0.29, 0.717) is 13.2 Å². The highest BCUT2D eigenvalue weighted by molar-refractivity contribution is 5.46. The highest BCUT2D eigenvalue weighted by Gasteiger charge is 2.19. The van der Waals surface area contributed by atoms with Gasteiger partial charge >= 0.3 is 0 Å². The lowest BCUT2D eigenvalue weighted by Gasteiger charge is -2.36. The van der Waals surface area contributed by atoms with Crippen molar-refractivity contribution in [1.82, 2.24) is 4.90 Å². The average molecular weight is 411 g/mol. The first-order valence-electron chi connectivity index (χ1n) is 9.16. The Labute approximate surface area is 175 Å². The third-order valence-corrected chi connectivity index (χ3v) is 4.74. The number of rotatable bonds is 7. The minimum Gasteiger partial charge on any atom is -1.00 e. The van der Waals surface area contributed by atoms with Crippen LogP contribution in [0.1, 0.15) is 12.5 Å². The van der Waals surface area contributed by atoms with Crippen LogP contribution in [-0.4, -0.2) is 55.4 Å². The standard InChI is InChI=1S/C21H28N2O2.2ClH/c1-2-18-8-10-21(11-9-18)25-17-20(24)16-22-12-14-23(15-13-22)19-6-4-3-5-7-19;;/h3-11,20,24H,2,12-17H2,1H3;2*1H/p-2. The van der Waals surface area contributed by atoms with Gasteiger partial charge in [0.15, 0.2) is 0 Å². The van der Waals surface area contributed by atoms with Crippen LogP contribution in [0.15, 0.2) is 54.6 Å². The number of para-hydroxylation sites is 1. The Bertz CT molecular complexity index is 632. The molecular formula is C21H28Cl2N2O2-2. The van der Waals surface area contributed by atoms with Crippen LogP contribution >= 0.6 is 0 Å². The topological polar surface area (TPSA) is 35.9 Å². The van der Waals surface area contributed by atoms with Crippen LogP contribution in [0.5, 0.6) is 5.75 Å².